The summed E-state index contributed by atoms with van der Waals surface area (Å²) in [4.78, 5) is 32.8. The van der Waals surface area contributed by atoms with Gasteiger partial charge in [0.05, 0.1) is 23.9 Å². The van der Waals surface area contributed by atoms with Gasteiger partial charge in [-0.15, -0.1) is 0 Å². The maximum atomic E-state index is 12.1. The van der Waals surface area contributed by atoms with Crippen molar-refractivity contribution in [1.29, 1.82) is 0 Å². The second kappa shape index (κ2) is 8.59. The van der Waals surface area contributed by atoms with Gasteiger partial charge in [0.1, 0.15) is 17.2 Å². The van der Waals surface area contributed by atoms with Crippen molar-refractivity contribution in [2.45, 2.75) is 5.03 Å². The summed E-state index contributed by atoms with van der Waals surface area (Å²) in [5.41, 5.74) is 0.492. The number of non-ortho nitro benzene ring substituents is 1. The Balaban J connectivity index is 1.53. The molecule has 2 aromatic rings. The average molecular weight is 375 g/mol. The van der Waals surface area contributed by atoms with Crippen LogP contribution in [0.3, 0.4) is 0 Å². The van der Waals surface area contributed by atoms with E-state index in [4.69, 9.17) is 4.74 Å². The van der Waals surface area contributed by atoms with Gasteiger partial charge in [-0.25, -0.2) is 9.97 Å². The maximum Gasteiger partial charge on any atom is 0.269 e. The van der Waals surface area contributed by atoms with Gasteiger partial charge in [0.2, 0.25) is 5.91 Å². The smallest absolute Gasteiger partial charge is 0.269 e. The number of ether oxygens (including phenoxy) is 1. The topological polar surface area (TPSA) is 110 Å². The number of thioether (sulfide) groups is 1. The van der Waals surface area contributed by atoms with Crippen molar-refractivity contribution in [3.8, 4) is 0 Å². The number of nitro benzene ring substituents is 1. The molecule has 2 heterocycles. The number of nitrogens with one attached hydrogen (secondary N) is 1. The van der Waals surface area contributed by atoms with Crippen molar-refractivity contribution in [2.24, 2.45) is 0 Å². The van der Waals surface area contributed by atoms with E-state index >= 15 is 0 Å². The number of nitrogens with zero attached hydrogens (tertiary/aromatic N) is 4. The van der Waals surface area contributed by atoms with Gasteiger partial charge in [-0.05, 0) is 12.1 Å². The van der Waals surface area contributed by atoms with Gasteiger partial charge in [-0.3, -0.25) is 14.9 Å². The SMILES string of the molecule is O=C(CSc1cc(N2CCOCC2)ncn1)Nc1ccc([N+](=O)[O-])cc1. The highest BCUT2D eigenvalue weighted by molar-refractivity contribution is 7.99. The molecule has 10 heteroatoms. The summed E-state index contributed by atoms with van der Waals surface area (Å²) in [5.74, 6) is 0.785. The Morgan fingerprint density at radius 3 is 2.69 bits per heavy atom. The van der Waals surface area contributed by atoms with E-state index in [-0.39, 0.29) is 17.3 Å². The van der Waals surface area contributed by atoms with Crippen LogP contribution in [0.15, 0.2) is 41.7 Å². The van der Waals surface area contributed by atoms with Crippen LogP contribution in [-0.2, 0) is 9.53 Å². The zero-order valence-corrected chi connectivity index (χ0v) is 14.6. The van der Waals surface area contributed by atoms with Crippen LogP contribution in [0.25, 0.3) is 0 Å². The number of anilines is 2. The molecule has 0 unspecified atom stereocenters. The Kier molecular flexibility index (Phi) is 5.97. The largest absolute Gasteiger partial charge is 0.378 e. The maximum absolute atomic E-state index is 12.1. The zero-order valence-electron chi connectivity index (χ0n) is 13.8. The highest BCUT2D eigenvalue weighted by Gasteiger charge is 2.14. The molecule has 1 aromatic heterocycles. The lowest BCUT2D eigenvalue weighted by atomic mass is 10.3. The molecule has 1 aliphatic rings. The van der Waals surface area contributed by atoms with E-state index in [0.717, 1.165) is 18.9 Å². The molecule has 1 aliphatic heterocycles. The summed E-state index contributed by atoms with van der Waals surface area (Å²) in [6, 6.07) is 7.56. The molecule has 26 heavy (non-hydrogen) atoms. The van der Waals surface area contributed by atoms with Crippen molar-refractivity contribution in [3.05, 3.63) is 46.8 Å². The molecule has 1 fully saturated rings. The summed E-state index contributed by atoms with van der Waals surface area (Å²) >= 11 is 1.30. The van der Waals surface area contributed by atoms with Crippen LogP contribution in [-0.4, -0.2) is 52.9 Å². The molecule has 1 saturated heterocycles. The predicted molar refractivity (Wildman–Crippen MR) is 97.5 cm³/mol. The van der Waals surface area contributed by atoms with E-state index in [1.54, 1.807) is 0 Å². The Labute approximate surface area is 153 Å². The molecular formula is C16H17N5O4S. The fourth-order valence-corrected chi connectivity index (χ4v) is 3.04. The van der Waals surface area contributed by atoms with E-state index < -0.39 is 4.92 Å². The number of hydrogen-bond donors (Lipinski definition) is 1. The van der Waals surface area contributed by atoms with E-state index in [0.29, 0.717) is 23.9 Å². The molecule has 136 valence electrons. The van der Waals surface area contributed by atoms with Crippen LogP contribution in [0.2, 0.25) is 0 Å². The van der Waals surface area contributed by atoms with E-state index in [2.05, 4.69) is 20.2 Å². The van der Waals surface area contributed by atoms with Gasteiger partial charge < -0.3 is 15.0 Å². The van der Waals surface area contributed by atoms with Crippen molar-refractivity contribution in [3.63, 3.8) is 0 Å². The first kappa shape index (κ1) is 18.1. The third-order valence-corrected chi connectivity index (χ3v) is 4.60. The number of carbonyl (C=O) groups is 1. The van der Waals surface area contributed by atoms with Crippen LogP contribution in [0.4, 0.5) is 17.2 Å². The van der Waals surface area contributed by atoms with Crippen molar-refractivity contribution >= 4 is 34.9 Å². The molecular weight excluding hydrogens is 358 g/mol. The molecule has 0 radical (unpaired) electrons. The number of morpholine rings is 1. The van der Waals surface area contributed by atoms with Crippen molar-refractivity contribution in [2.75, 3.05) is 42.3 Å². The molecule has 0 saturated carbocycles. The number of nitro groups is 1. The number of rotatable bonds is 6. The fraction of sp³-hybridized carbons (Fsp3) is 0.312. The lowest BCUT2D eigenvalue weighted by molar-refractivity contribution is -0.384. The number of carbonyl (C=O) groups excluding carboxylic acids is 1. The number of aromatic nitrogens is 2. The molecule has 1 aromatic carbocycles. The summed E-state index contributed by atoms with van der Waals surface area (Å²) in [6.07, 6.45) is 1.49. The number of amides is 1. The van der Waals surface area contributed by atoms with Crippen LogP contribution < -0.4 is 10.2 Å². The summed E-state index contributed by atoms with van der Waals surface area (Å²) < 4.78 is 5.33. The minimum atomic E-state index is -0.484. The molecule has 3 rings (SSSR count). The minimum Gasteiger partial charge on any atom is -0.378 e. The van der Waals surface area contributed by atoms with Gasteiger partial charge in [-0.2, -0.15) is 0 Å². The predicted octanol–water partition coefficient (Wildman–Crippen LogP) is 1.95. The third kappa shape index (κ3) is 4.90. The first-order valence-electron chi connectivity index (χ1n) is 7.93. The Bertz CT molecular complexity index is 780. The standard InChI is InChI=1S/C16H17N5O4S/c22-15(19-12-1-3-13(4-2-12)21(23)24)10-26-16-9-14(17-11-18-16)20-5-7-25-8-6-20/h1-4,9,11H,5-8,10H2,(H,19,22). The highest BCUT2D eigenvalue weighted by atomic mass is 32.2. The molecule has 0 atom stereocenters. The average Bonchev–Trinajstić information content (AvgIpc) is 2.68. The molecule has 0 spiro atoms. The normalized spacial score (nSPS) is 14.1. The van der Waals surface area contributed by atoms with Crippen molar-refractivity contribution in [1.82, 2.24) is 9.97 Å². The Morgan fingerprint density at radius 2 is 2.00 bits per heavy atom. The summed E-state index contributed by atoms with van der Waals surface area (Å²) in [6.45, 7) is 2.90. The monoisotopic (exact) mass is 375 g/mol. The van der Waals surface area contributed by atoms with Crippen LogP contribution in [0.5, 0.6) is 0 Å². The highest BCUT2D eigenvalue weighted by Crippen LogP contribution is 2.21. The molecule has 1 N–H and O–H groups in total. The third-order valence-electron chi connectivity index (χ3n) is 3.68. The van der Waals surface area contributed by atoms with Crippen LogP contribution in [0, 0.1) is 10.1 Å². The number of benzene rings is 1. The molecule has 9 nitrogen and oxygen atoms in total. The van der Waals surface area contributed by atoms with Gasteiger partial charge >= 0.3 is 0 Å². The van der Waals surface area contributed by atoms with Gasteiger partial charge in [-0.1, -0.05) is 11.8 Å². The first-order chi connectivity index (χ1) is 12.6. The Hall–Kier alpha value is -2.72. The Morgan fingerprint density at radius 1 is 1.27 bits per heavy atom. The fourth-order valence-electron chi connectivity index (χ4n) is 2.38. The van der Waals surface area contributed by atoms with Gasteiger partial charge in [0, 0.05) is 37.0 Å². The molecule has 1 amide bonds. The van der Waals surface area contributed by atoms with Crippen LogP contribution in [0.1, 0.15) is 0 Å². The summed E-state index contributed by atoms with van der Waals surface area (Å²) in [7, 11) is 0. The van der Waals surface area contributed by atoms with Gasteiger partial charge in [0.25, 0.3) is 5.69 Å². The molecule has 0 bridgehead atoms. The van der Waals surface area contributed by atoms with E-state index in [1.807, 2.05) is 6.07 Å². The van der Waals surface area contributed by atoms with Gasteiger partial charge in [0.15, 0.2) is 0 Å². The van der Waals surface area contributed by atoms with Crippen molar-refractivity contribution < 1.29 is 14.5 Å². The lowest BCUT2D eigenvalue weighted by Crippen LogP contribution is -2.36. The minimum absolute atomic E-state index is 0.0194. The zero-order chi connectivity index (χ0) is 18.4. The number of hydrogen-bond acceptors (Lipinski definition) is 8. The summed E-state index contributed by atoms with van der Waals surface area (Å²) in [5, 5.41) is 14.0. The second-order valence-electron chi connectivity index (χ2n) is 5.45. The second-order valence-corrected chi connectivity index (χ2v) is 6.45. The van der Waals surface area contributed by atoms with E-state index in [1.165, 1.54) is 42.4 Å². The lowest BCUT2D eigenvalue weighted by Gasteiger charge is -2.27. The first-order valence-corrected chi connectivity index (χ1v) is 8.92. The quantitative estimate of drug-likeness (QED) is 0.353. The van der Waals surface area contributed by atoms with Crippen LogP contribution >= 0.6 is 11.8 Å². The van der Waals surface area contributed by atoms with E-state index in [9.17, 15) is 14.9 Å². The molecule has 0 aliphatic carbocycles.